The van der Waals surface area contributed by atoms with Crippen LogP contribution in [0.2, 0.25) is 0 Å². The number of benzene rings is 3. The Morgan fingerprint density at radius 2 is 1.54 bits per heavy atom. The van der Waals surface area contributed by atoms with Crippen LogP contribution in [-0.2, 0) is 11.2 Å². The third-order valence-electron chi connectivity index (χ3n) is 6.77. The monoisotopic (exact) mass is 522 g/mol. The molecule has 0 fully saturated rings. The van der Waals surface area contributed by atoms with Gasteiger partial charge in [-0.1, -0.05) is 86.8 Å². The third kappa shape index (κ3) is 7.44. The molecule has 0 unspecified atom stereocenters. The van der Waals surface area contributed by atoms with E-state index in [1.165, 1.54) is 24.8 Å². The predicted molar refractivity (Wildman–Crippen MR) is 158 cm³/mol. The number of anilines is 1. The summed E-state index contributed by atoms with van der Waals surface area (Å²) in [5.74, 6) is 0.120. The van der Waals surface area contributed by atoms with Gasteiger partial charge in [0.25, 0.3) is 5.91 Å². The molecule has 202 valence electrons. The molecule has 0 saturated heterocycles. The first kappa shape index (κ1) is 27.8. The number of hydrogen-bond donors (Lipinski definition) is 1. The molecule has 0 bridgehead atoms. The van der Waals surface area contributed by atoms with Crippen LogP contribution < -0.4 is 5.32 Å². The van der Waals surface area contributed by atoms with Crippen molar-refractivity contribution in [2.45, 2.75) is 58.9 Å². The Labute approximate surface area is 231 Å². The van der Waals surface area contributed by atoms with E-state index in [0.717, 1.165) is 29.8 Å². The number of unbranched alkanes of at least 4 members (excludes halogenated alkanes) is 3. The average molecular weight is 523 g/mol. The highest BCUT2D eigenvalue weighted by Crippen LogP contribution is 2.25. The van der Waals surface area contributed by atoms with Crippen molar-refractivity contribution < 1.29 is 9.59 Å². The first-order valence-corrected chi connectivity index (χ1v) is 13.9. The third-order valence-corrected chi connectivity index (χ3v) is 6.77. The maximum absolute atomic E-state index is 13.4. The van der Waals surface area contributed by atoms with E-state index >= 15 is 0 Å². The lowest BCUT2D eigenvalue weighted by Crippen LogP contribution is -2.42. The van der Waals surface area contributed by atoms with Crippen molar-refractivity contribution in [2.24, 2.45) is 0 Å². The van der Waals surface area contributed by atoms with Crippen LogP contribution in [0.3, 0.4) is 0 Å². The van der Waals surface area contributed by atoms with Gasteiger partial charge in [-0.25, -0.2) is 4.68 Å². The van der Waals surface area contributed by atoms with Gasteiger partial charge in [0.15, 0.2) is 0 Å². The predicted octanol–water partition coefficient (Wildman–Crippen LogP) is 7.15. The van der Waals surface area contributed by atoms with E-state index in [0.29, 0.717) is 11.4 Å². The first-order chi connectivity index (χ1) is 19.0. The van der Waals surface area contributed by atoms with Crippen molar-refractivity contribution in [3.8, 4) is 16.9 Å². The molecule has 6 nitrogen and oxygen atoms in total. The van der Waals surface area contributed by atoms with Crippen LogP contribution >= 0.6 is 0 Å². The topological polar surface area (TPSA) is 67.2 Å². The largest absolute Gasteiger partial charge is 0.327 e. The van der Waals surface area contributed by atoms with Crippen LogP contribution in [-0.4, -0.2) is 39.1 Å². The van der Waals surface area contributed by atoms with E-state index in [-0.39, 0.29) is 24.4 Å². The lowest BCUT2D eigenvalue weighted by molar-refractivity contribution is -0.117. The fraction of sp³-hybridized carbons (Fsp3) is 0.303. The first-order valence-electron chi connectivity index (χ1n) is 13.9. The van der Waals surface area contributed by atoms with Crippen molar-refractivity contribution in [3.05, 3.63) is 102 Å². The lowest BCUT2D eigenvalue weighted by atomic mass is 10.0. The van der Waals surface area contributed by atoms with Crippen LogP contribution in [0.1, 0.15) is 62.4 Å². The van der Waals surface area contributed by atoms with Gasteiger partial charge in [-0.3, -0.25) is 9.59 Å². The van der Waals surface area contributed by atoms with Crippen LogP contribution in [0.5, 0.6) is 0 Å². The summed E-state index contributed by atoms with van der Waals surface area (Å²) in [7, 11) is 0. The average Bonchev–Trinajstić information content (AvgIpc) is 3.38. The molecule has 2 amide bonds. The van der Waals surface area contributed by atoms with E-state index < -0.39 is 0 Å². The second kappa shape index (κ2) is 13.6. The van der Waals surface area contributed by atoms with Crippen molar-refractivity contribution in [1.29, 1.82) is 0 Å². The molecule has 0 saturated carbocycles. The fourth-order valence-electron chi connectivity index (χ4n) is 4.55. The van der Waals surface area contributed by atoms with E-state index in [4.69, 9.17) is 5.10 Å². The molecule has 1 aromatic heterocycles. The summed E-state index contributed by atoms with van der Waals surface area (Å²) >= 11 is 0. The number of aromatic nitrogens is 2. The summed E-state index contributed by atoms with van der Waals surface area (Å²) in [6, 6.07) is 29.1. The summed E-state index contributed by atoms with van der Waals surface area (Å²) in [6.45, 7) is 6.00. The van der Waals surface area contributed by atoms with Crippen molar-refractivity contribution in [3.63, 3.8) is 0 Å². The summed E-state index contributed by atoms with van der Waals surface area (Å²) in [5.41, 5.74) is 4.37. The Hall–Kier alpha value is -4.19. The molecule has 0 radical (unpaired) electrons. The van der Waals surface area contributed by atoms with Gasteiger partial charge in [-0.2, -0.15) is 5.10 Å². The summed E-state index contributed by atoms with van der Waals surface area (Å²) < 4.78 is 1.72. The summed E-state index contributed by atoms with van der Waals surface area (Å²) in [5, 5.41) is 7.76. The molecule has 1 N–H and O–H groups in total. The van der Waals surface area contributed by atoms with E-state index in [1.807, 2.05) is 105 Å². The normalized spacial score (nSPS) is 11.0. The Balaban J connectivity index is 1.48. The maximum atomic E-state index is 13.4. The zero-order valence-corrected chi connectivity index (χ0v) is 23.1. The van der Waals surface area contributed by atoms with Gasteiger partial charge < -0.3 is 10.2 Å². The van der Waals surface area contributed by atoms with E-state index in [1.54, 1.807) is 9.58 Å². The fourth-order valence-corrected chi connectivity index (χ4v) is 4.55. The number of nitrogens with zero attached hydrogens (tertiary/aromatic N) is 3. The van der Waals surface area contributed by atoms with Crippen LogP contribution in [0.25, 0.3) is 16.9 Å². The molecule has 0 aliphatic carbocycles. The van der Waals surface area contributed by atoms with Gasteiger partial charge >= 0.3 is 0 Å². The minimum Gasteiger partial charge on any atom is -0.327 e. The molecule has 3 aromatic carbocycles. The maximum Gasteiger partial charge on any atom is 0.254 e. The second-order valence-corrected chi connectivity index (χ2v) is 10.1. The zero-order chi connectivity index (χ0) is 27.6. The van der Waals surface area contributed by atoms with Crippen LogP contribution in [0, 0.1) is 0 Å². The smallest absolute Gasteiger partial charge is 0.254 e. The van der Waals surface area contributed by atoms with E-state index in [9.17, 15) is 9.59 Å². The SMILES string of the molecule is CCCCCCc1ccc(C(=O)N(CC(=O)Nc2cc(-c3ccccc3)nn2-c2ccccc2)C(C)C)cc1. The van der Waals surface area contributed by atoms with Crippen LogP contribution in [0.15, 0.2) is 91.0 Å². The van der Waals surface area contributed by atoms with Gasteiger partial charge in [0.05, 0.1) is 11.4 Å². The molecule has 0 spiro atoms. The molecule has 1 heterocycles. The molecular formula is C33H38N4O2. The number of nitrogens with one attached hydrogen (secondary N) is 1. The standard InChI is InChI=1S/C33H38N4O2/c1-4-5-6-9-14-26-19-21-28(22-20-26)33(39)36(25(2)3)24-32(38)34-31-23-30(27-15-10-7-11-16-27)35-37(31)29-17-12-8-13-18-29/h7-8,10-13,15-23,25H,4-6,9,14,24H2,1-3H3,(H,34,38). The Bertz CT molecular complexity index is 1350. The molecule has 4 rings (SSSR count). The number of aryl methyl sites for hydroxylation is 1. The number of carbonyl (C=O) groups is 2. The van der Waals surface area contributed by atoms with Gasteiger partial charge in [-0.15, -0.1) is 0 Å². The van der Waals surface area contributed by atoms with Gasteiger partial charge in [-0.05, 0) is 56.5 Å². The molecular weight excluding hydrogens is 484 g/mol. The van der Waals surface area contributed by atoms with Gasteiger partial charge in [0.1, 0.15) is 12.4 Å². The molecule has 0 aliphatic rings. The van der Waals surface area contributed by atoms with Crippen molar-refractivity contribution in [2.75, 3.05) is 11.9 Å². The molecule has 4 aromatic rings. The lowest BCUT2D eigenvalue weighted by Gasteiger charge is -2.26. The molecule has 39 heavy (non-hydrogen) atoms. The minimum absolute atomic E-state index is 0.0596. The Morgan fingerprint density at radius 3 is 2.18 bits per heavy atom. The quantitative estimate of drug-likeness (QED) is 0.201. The number of para-hydroxylation sites is 1. The highest BCUT2D eigenvalue weighted by atomic mass is 16.2. The molecule has 0 aliphatic heterocycles. The summed E-state index contributed by atoms with van der Waals surface area (Å²) in [4.78, 5) is 28.3. The second-order valence-electron chi connectivity index (χ2n) is 10.1. The van der Waals surface area contributed by atoms with Gasteiger partial charge in [0, 0.05) is 23.2 Å². The number of carbonyl (C=O) groups excluding carboxylic acids is 2. The summed E-state index contributed by atoms with van der Waals surface area (Å²) in [6.07, 6.45) is 5.87. The number of rotatable bonds is 12. The minimum atomic E-state index is -0.277. The molecule has 0 atom stereocenters. The van der Waals surface area contributed by atoms with Crippen molar-refractivity contribution >= 4 is 17.6 Å². The Kier molecular flexibility index (Phi) is 9.68. The van der Waals surface area contributed by atoms with Crippen LogP contribution in [0.4, 0.5) is 5.82 Å². The van der Waals surface area contributed by atoms with E-state index in [2.05, 4.69) is 12.2 Å². The number of amides is 2. The highest BCUT2D eigenvalue weighted by Gasteiger charge is 2.23. The zero-order valence-electron chi connectivity index (χ0n) is 23.1. The number of hydrogen-bond acceptors (Lipinski definition) is 3. The molecule has 6 heteroatoms. The van der Waals surface area contributed by atoms with Gasteiger partial charge in [0.2, 0.25) is 5.91 Å². The Morgan fingerprint density at radius 1 is 0.872 bits per heavy atom. The van der Waals surface area contributed by atoms with Crippen molar-refractivity contribution in [1.82, 2.24) is 14.7 Å². The highest BCUT2D eigenvalue weighted by molar-refractivity contribution is 5.99.